The van der Waals surface area contributed by atoms with Gasteiger partial charge in [-0.1, -0.05) is 41.9 Å². The highest BCUT2D eigenvalue weighted by molar-refractivity contribution is 6.31. The Balaban J connectivity index is 1.45. The minimum absolute atomic E-state index is 0.0395. The van der Waals surface area contributed by atoms with E-state index in [1.54, 1.807) is 24.3 Å². The third-order valence-electron chi connectivity index (χ3n) is 7.37. The minimum Gasteiger partial charge on any atom is -0.478 e. The van der Waals surface area contributed by atoms with Gasteiger partial charge in [-0.25, -0.2) is 13.6 Å². The molecule has 1 fully saturated rings. The quantitative estimate of drug-likeness (QED) is 0.361. The van der Waals surface area contributed by atoms with Crippen molar-refractivity contribution in [1.82, 2.24) is 5.32 Å². The number of rotatable bonds is 7. The number of benzene rings is 3. The summed E-state index contributed by atoms with van der Waals surface area (Å²) in [6.07, 6.45) is 1.97. The van der Waals surface area contributed by atoms with Gasteiger partial charge in [0.05, 0.1) is 22.9 Å². The summed E-state index contributed by atoms with van der Waals surface area (Å²) < 4.78 is 27.9. The van der Waals surface area contributed by atoms with Crippen LogP contribution in [-0.4, -0.2) is 23.5 Å². The van der Waals surface area contributed by atoms with Crippen LogP contribution in [0, 0.1) is 0 Å². The van der Waals surface area contributed by atoms with Crippen LogP contribution >= 0.6 is 11.6 Å². The second kappa shape index (κ2) is 9.14. The third kappa shape index (κ3) is 4.92. The van der Waals surface area contributed by atoms with Crippen molar-refractivity contribution < 1.29 is 23.5 Å². The standard InChI is InChI=1S/C29H27ClF2N2O3/c1-17(19-6-8-20(9-7-19)27(36)37)33-26(35)23-13-22(30)14-24-25(23)34(16-29(24)10-11-29)15-18-4-3-5-21(12-18)28(2,31)32/h3-9,12-14,17H,10-11,15-16H2,1-2H3,(H,33,35)(H,36,37). The van der Waals surface area contributed by atoms with E-state index in [4.69, 9.17) is 16.7 Å². The van der Waals surface area contributed by atoms with Crippen molar-refractivity contribution in [3.05, 3.63) is 99.1 Å². The molecule has 8 heteroatoms. The van der Waals surface area contributed by atoms with E-state index in [0.29, 0.717) is 23.7 Å². The van der Waals surface area contributed by atoms with E-state index < -0.39 is 11.9 Å². The molecular formula is C29H27ClF2N2O3. The zero-order chi connectivity index (χ0) is 26.5. The van der Waals surface area contributed by atoms with Crippen molar-refractivity contribution in [2.24, 2.45) is 0 Å². The van der Waals surface area contributed by atoms with Crippen LogP contribution in [0.15, 0.2) is 60.7 Å². The number of amides is 1. The van der Waals surface area contributed by atoms with Gasteiger partial charge in [0.25, 0.3) is 11.8 Å². The Morgan fingerprint density at radius 3 is 2.46 bits per heavy atom. The lowest BCUT2D eigenvalue weighted by Gasteiger charge is -2.24. The molecule has 1 saturated carbocycles. The average Bonchev–Trinajstić information content (AvgIpc) is 3.56. The van der Waals surface area contributed by atoms with E-state index in [1.807, 2.05) is 19.1 Å². The average molecular weight is 525 g/mol. The molecular weight excluding hydrogens is 498 g/mol. The van der Waals surface area contributed by atoms with Crippen molar-refractivity contribution in [3.63, 3.8) is 0 Å². The molecule has 0 aromatic heterocycles. The number of alkyl halides is 2. The molecule has 5 nitrogen and oxygen atoms in total. The van der Waals surface area contributed by atoms with Crippen LogP contribution in [0.1, 0.15) is 75.7 Å². The van der Waals surface area contributed by atoms with Crippen LogP contribution in [0.3, 0.4) is 0 Å². The molecule has 1 amide bonds. The number of hydrogen-bond acceptors (Lipinski definition) is 3. The second-order valence-electron chi connectivity index (χ2n) is 10.2. The fourth-order valence-electron chi connectivity index (χ4n) is 5.20. The first kappa shape index (κ1) is 25.2. The Kier molecular flexibility index (Phi) is 6.23. The summed E-state index contributed by atoms with van der Waals surface area (Å²) >= 11 is 6.47. The monoisotopic (exact) mass is 524 g/mol. The highest BCUT2D eigenvalue weighted by Crippen LogP contribution is 2.58. The Morgan fingerprint density at radius 1 is 1.14 bits per heavy atom. The lowest BCUT2D eigenvalue weighted by Crippen LogP contribution is -2.29. The molecule has 2 aliphatic rings. The highest BCUT2D eigenvalue weighted by atomic mass is 35.5. The topological polar surface area (TPSA) is 69.6 Å². The number of nitrogens with zero attached hydrogens (tertiary/aromatic N) is 1. The van der Waals surface area contributed by atoms with Crippen LogP contribution in [0.25, 0.3) is 0 Å². The van der Waals surface area contributed by atoms with Crippen LogP contribution in [0.2, 0.25) is 5.02 Å². The fraction of sp³-hybridized carbons (Fsp3) is 0.310. The van der Waals surface area contributed by atoms with Gasteiger partial charge in [-0.2, -0.15) is 0 Å². The summed E-state index contributed by atoms with van der Waals surface area (Å²) in [5, 5.41) is 12.6. The van der Waals surface area contributed by atoms with E-state index in [1.165, 1.54) is 24.3 Å². The Hall–Kier alpha value is -3.45. The fourth-order valence-corrected chi connectivity index (χ4v) is 5.41. The summed E-state index contributed by atoms with van der Waals surface area (Å²) in [7, 11) is 0. The number of halogens is 3. The molecule has 5 rings (SSSR count). The SMILES string of the molecule is CC(NC(=O)c1cc(Cl)cc2c1N(Cc1cccc(C(C)(F)F)c1)CC21CC1)c1ccc(C(=O)O)cc1. The van der Waals surface area contributed by atoms with Gasteiger partial charge in [0, 0.05) is 36.0 Å². The van der Waals surface area contributed by atoms with Crippen LogP contribution < -0.4 is 10.2 Å². The lowest BCUT2D eigenvalue weighted by atomic mass is 9.96. The third-order valence-corrected chi connectivity index (χ3v) is 7.58. The molecule has 1 aliphatic heterocycles. The molecule has 3 aromatic carbocycles. The van der Waals surface area contributed by atoms with Gasteiger partial charge in [-0.3, -0.25) is 4.79 Å². The molecule has 3 aromatic rings. The highest BCUT2D eigenvalue weighted by Gasteiger charge is 2.52. The first-order chi connectivity index (χ1) is 17.5. The van der Waals surface area contributed by atoms with E-state index in [9.17, 15) is 18.4 Å². The molecule has 1 atom stereocenters. The maximum absolute atomic E-state index is 13.9. The Labute approximate surface area is 219 Å². The predicted octanol–water partition coefficient (Wildman–Crippen LogP) is 6.69. The minimum atomic E-state index is -2.94. The molecule has 2 N–H and O–H groups in total. The first-order valence-corrected chi connectivity index (χ1v) is 12.5. The molecule has 1 spiro atoms. The molecule has 192 valence electrons. The van der Waals surface area contributed by atoms with E-state index in [-0.39, 0.29) is 28.5 Å². The van der Waals surface area contributed by atoms with Crippen LogP contribution in [-0.2, 0) is 17.9 Å². The molecule has 0 bridgehead atoms. The number of anilines is 1. The summed E-state index contributed by atoms with van der Waals surface area (Å²) in [5.41, 5.74) is 3.84. The van der Waals surface area contributed by atoms with Crippen molar-refractivity contribution in [3.8, 4) is 0 Å². The normalized spacial score (nSPS) is 16.4. The smallest absolute Gasteiger partial charge is 0.335 e. The van der Waals surface area contributed by atoms with Gasteiger partial charge in [0.1, 0.15) is 0 Å². The molecule has 0 saturated heterocycles. The van der Waals surface area contributed by atoms with Gasteiger partial charge in [0.2, 0.25) is 0 Å². The zero-order valence-corrected chi connectivity index (χ0v) is 21.3. The number of nitrogens with one attached hydrogen (secondary N) is 1. The van der Waals surface area contributed by atoms with Gasteiger partial charge >= 0.3 is 5.97 Å². The van der Waals surface area contributed by atoms with E-state index in [0.717, 1.165) is 42.1 Å². The molecule has 37 heavy (non-hydrogen) atoms. The Bertz CT molecular complexity index is 1380. The second-order valence-corrected chi connectivity index (χ2v) is 10.6. The molecule has 1 aliphatic carbocycles. The number of carbonyl (C=O) groups is 2. The van der Waals surface area contributed by atoms with Crippen molar-refractivity contribution in [1.29, 1.82) is 0 Å². The van der Waals surface area contributed by atoms with Gasteiger partial charge in [0.15, 0.2) is 0 Å². The molecule has 0 radical (unpaired) electrons. The van der Waals surface area contributed by atoms with Crippen molar-refractivity contribution in [2.75, 3.05) is 11.4 Å². The molecule has 1 unspecified atom stereocenters. The number of aromatic carboxylic acids is 1. The van der Waals surface area contributed by atoms with Crippen molar-refractivity contribution in [2.45, 2.75) is 50.6 Å². The Morgan fingerprint density at radius 2 is 1.84 bits per heavy atom. The number of carboxylic acids is 1. The zero-order valence-electron chi connectivity index (χ0n) is 20.5. The summed E-state index contributed by atoms with van der Waals surface area (Å²) in [4.78, 5) is 26.8. The summed E-state index contributed by atoms with van der Waals surface area (Å²) in [6.45, 7) is 3.81. The maximum atomic E-state index is 13.9. The summed E-state index contributed by atoms with van der Waals surface area (Å²) in [5.74, 6) is -4.25. The van der Waals surface area contributed by atoms with Crippen LogP contribution in [0.4, 0.5) is 14.5 Å². The first-order valence-electron chi connectivity index (χ1n) is 12.2. The molecule has 1 heterocycles. The van der Waals surface area contributed by atoms with Crippen LogP contribution in [0.5, 0.6) is 0 Å². The van der Waals surface area contributed by atoms with E-state index >= 15 is 0 Å². The summed E-state index contributed by atoms with van der Waals surface area (Å²) in [6, 6.07) is 16.0. The van der Waals surface area contributed by atoms with Gasteiger partial charge in [-0.15, -0.1) is 0 Å². The number of carbonyl (C=O) groups excluding carboxylic acids is 1. The number of hydrogen-bond donors (Lipinski definition) is 2. The lowest BCUT2D eigenvalue weighted by molar-refractivity contribution is 0.0174. The number of fused-ring (bicyclic) bond motifs is 2. The van der Waals surface area contributed by atoms with Gasteiger partial charge in [-0.05, 0) is 66.8 Å². The van der Waals surface area contributed by atoms with E-state index in [2.05, 4.69) is 10.2 Å². The number of carboxylic acid groups (broad SMARTS) is 1. The predicted molar refractivity (Wildman–Crippen MR) is 139 cm³/mol. The maximum Gasteiger partial charge on any atom is 0.335 e. The van der Waals surface area contributed by atoms with Gasteiger partial charge < -0.3 is 15.3 Å². The largest absolute Gasteiger partial charge is 0.478 e. The van der Waals surface area contributed by atoms with Crippen molar-refractivity contribution >= 4 is 29.2 Å².